The van der Waals surface area contributed by atoms with Crippen molar-refractivity contribution in [3.63, 3.8) is 0 Å². The molecule has 31 heavy (non-hydrogen) atoms. The molecule has 1 aliphatic rings. The first-order valence-corrected chi connectivity index (χ1v) is 10.3. The van der Waals surface area contributed by atoms with Gasteiger partial charge in [-0.3, -0.25) is 19.1 Å². The molecule has 9 nitrogen and oxygen atoms in total. The molecule has 3 heterocycles. The third-order valence-corrected chi connectivity index (χ3v) is 5.72. The number of likely N-dealkylation sites (tertiary alicyclic amines) is 1. The van der Waals surface area contributed by atoms with Crippen molar-refractivity contribution in [1.29, 1.82) is 0 Å². The Morgan fingerprint density at radius 2 is 2.06 bits per heavy atom. The van der Waals surface area contributed by atoms with Gasteiger partial charge in [0.1, 0.15) is 0 Å². The molecule has 0 saturated carbocycles. The van der Waals surface area contributed by atoms with Crippen LogP contribution in [0.1, 0.15) is 40.4 Å². The number of aromatic nitrogens is 4. The van der Waals surface area contributed by atoms with Gasteiger partial charge in [-0.15, -0.1) is 0 Å². The number of nitrogens with one attached hydrogen (secondary N) is 1. The lowest BCUT2D eigenvalue weighted by molar-refractivity contribution is 0.0751. The summed E-state index contributed by atoms with van der Waals surface area (Å²) in [6, 6.07) is 6.97. The van der Waals surface area contributed by atoms with Gasteiger partial charge in [0, 0.05) is 49.4 Å². The number of hydrogen-bond acceptors (Lipinski definition) is 5. The third-order valence-electron chi connectivity index (χ3n) is 5.72. The Kier molecular flexibility index (Phi) is 5.85. The topological polar surface area (TPSA) is 113 Å². The molecule has 1 saturated heterocycles. The summed E-state index contributed by atoms with van der Waals surface area (Å²) < 4.78 is 3.31. The first-order chi connectivity index (χ1) is 14.9. The summed E-state index contributed by atoms with van der Waals surface area (Å²) >= 11 is 0. The minimum absolute atomic E-state index is 0.106. The van der Waals surface area contributed by atoms with E-state index in [2.05, 4.69) is 9.97 Å². The molecule has 9 heteroatoms. The number of H-pyrrole nitrogens is 1. The fourth-order valence-corrected chi connectivity index (χ4v) is 4.01. The Morgan fingerprint density at radius 3 is 2.84 bits per heavy atom. The second-order valence-electron chi connectivity index (χ2n) is 7.92. The number of benzene rings is 1. The lowest BCUT2D eigenvalue weighted by Crippen LogP contribution is -2.37. The van der Waals surface area contributed by atoms with E-state index in [-0.39, 0.29) is 5.91 Å². The van der Waals surface area contributed by atoms with Gasteiger partial charge < -0.3 is 14.6 Å². The summed E-state index contributed by atoms with van der Waals surface area (Å²) in [5.74, 6) is -0.106. The molecule has 4 rings (SSSR count). The number of aryl methyl sites for hydroxylation is 1. The molecule has 0 spiro atoms. The number of nitrogens with zero attached hydrogens (tertiary/aromatic N) is 4. The normalized spacial score (nSPS) is 19.2. The number of aliphatic hydroxyl groups is 1. The van der Waals surface area contributed by atoms with Crippen LogP contribution in [-0.2, 0) is 6.54 Å². The highest BCUT2D eigenvalue weighted by atomic mass is 16.3. The summed E-state index contributed by atoms with van der Waals surface area (Å²) in [6.07, 6.45) is 6.74. The average Bonchev–Trinajstić information content (AvgIpc) is 3.18. The zero-order chi connectivity index (χ0) is 22.0. The van der Waals surface area contributed by atoms with Crippen LogP contribution < -0.4 is 11.2 Å². The summed E-state index contributed by atoms with van der Waals surface area (Å²) in [4.78, 5) is 45.1. The number of rotatable bonds is 4. The van der Waals surface area contributed by atoms with Crippen LogP contribution in [0.2, 0.25) is 0 Å². The molecule has 0 unspecified atom stereocenters. The first kappa shape index (κ1) is 20.8. The Bertz CT molecular complexity index is 1180. The fraction of sp³-hybridized carbons (Fsp3) is 0.364. The van der Waals surface area contributed by atoms with E-state index < -0.39 is 23.4 Å². The monoisotopic (exact) mass is 423 g/mol. The summed E-state index contributed by atoms with van der Waals surface area (Å²) in [5, 5.41) is 10.6. The fourth-order valence-electron chi connectivity index (χ4n) is 4.01. The molecule has 1 amide bonds. The van der Waals surface area contributed by atoms with E-state index in [9.17, 15) is 19.5 Å². The van der Waals surface area contributed by atoms with Gasteiger partial charge in [-0.1, -0.05) is 12.1 Å². The molecule has 2 atom stereocenters. The lowest BCUT2D eigenvalue weighted by atomic mass is 10.1. The van der Waals surface area contributed by atoms with E-state index >= 15 is 0 Å². The second kappa shape index (κ2) is 8.73. The summed E-state index contributed by atoms with van der Waals surface area (Å²) in [5.41, 5.74) is 0.997. The van der Waals surface area contributed by atoms with Crippen molar-refractivity contribution in [3.05, 3.63) is 86.7 Å². The van der Waals surface area contributed by atoms with Crippen LogP contribution in [0.4, 0.5) is 0 Å². The van der Waals surface area contributed by atoms with Crippen molar-refractivity contribution in [3.8, 4) is 0 Å². The Labute approximate surface area is 178 Å². The van der Waals surface area contributed by atoms with Crippen molar-refractivity contribution in [2.75, 3.05) is 13.1 Å². The van der Waals surface area contributed by atoms with Crippen LogP contribution in [0, 0.1) is 6.92 Å². The van der Waals surface area contributed by atoms with Crippen LogP contribution >= 0.6 is 0 Å². The van der Waals surface area contributed by atoms with E-state index in [0.29, 0.717) is 43.6 Å². The van der Waals surface area contributed by atoms with Crippen LogP contribution in [0.15, 0.2) is 58.8 Å². The zero-order valence-corrected chi connectivity index (χ0v) is 17.3. The van der Waals surface area contributed by atoms with Crippen LogP contribution in [0.5, 0.6) is 0 Å². The molecule has 2 N–H and O–H groups in total. The number of aromatic amines is 1. The van der Waals surface area contributed by atoms with Crippen molar-refractivity contribution in [2.24, 2.45) is 0 Å². The number of carbonyl (C=O) groups excluding carboxylic acids is 1. The maximum absolute atomic E-state index is 13.1. The highest BCUT2D eigenvalue weighted by Crippen LogP contribution is 2.23. The highest BCUT2D eigenvalue weighted by Gasteiger charge is 2.29. The second-order valence-corrected chi connectivity index (χ2v) is 7.92. The minimum Gasteiger partial charge on any atom is -0.391 e. The van der Waals surface area contributed by atoms with Gasteiger partial charge in [0.25, 0.3) is 11.5 Å². The summed E-state index contributed by atoms with van der Waals surface area (Å²) in [6.45, 7) is 3.02. The SMILES string of the molecule is Cc1cn([C@H]2CCN(C(=O)c3cccc(Cn4ccnc4)c3)CC[C@@H]2O)c(=O)[nH]c1=O. The van der Waals surface area contributed by atoms with E-state index in [0.717, 1.165) is 5.56 Å². The standard InChI is InChI=1S/C22H25N5O4/c1-15-12-27(22(31)24-20(15)29)18-5-8-26(9-6-19(18)28)21(30)17-4-2-3-16(11-17)13-25-10-7-23-14-25/h2-4,7,10-12,14,18-19,28H,5-6,8-9,13H2,1H3,(H,24,29,31)/t18-,19-/m0/s1. The predicted octanol–water partition coefficient (Wildman–Crippen LogP) is 0.928. The lowest BCUT2D eigenvalue weighted by Gasteiger charge is -2.22. The van der Waals surface area contributed by atoms with E-state index in [1.54, 1.807) is 30.4 Å². The Morgan fingerprint density at radius 1 is 1.26 bits per heavy atom. The van der Waals surface area contributed by atoms with Crippen LogP contribution in [0.25, 0.3) is 0 Å². The van der Waals surface area contributed by atoms with Gasteiger partial charge >= 0.3 is 5.69 Å². The molecule has 2 aromatic heterocycles. The molecule has 1 aliphatic heterocycles. The molecule has 0 radical (unpaired) electrons. The van der Waals surface area contributed by atoms with Crippen LogP contribution in [0.3, 0.4) is 0 Å². The van der Waals surface area contributed by atoms with Crippen molar-refractivity contribution in [1.82, 2.24) is 24.0 Å². The van der Waals surface area contributed by atoms with E-state index in [4.69, 9.17) is 0 Å². The molecule has 162 valence electrons. The zero-order valence-electron chi connectivity index (χ0n) is 17.3. The summed E-state index contributed by atoms with van der Waals surface area (Å²) in [7, 11) is 0. The first-order valence-electron chi connectivity index (χ1n) is 10.3. The number of hydrogen-bond donors (Lipinski definition) is 2. The van der Waals surface area contributed by atoms with Gasteiger partial charge in [-0.2, -0.15) is 0 Å². The molecule has 1 fully saturated rings. The number of carbonyl (C=O) groups is 1. The molecule has 0 aliphatic carbocycles. The smallest absolute Gasteiger partial charge is 0.328 e. The highest BCUT2D eigenvalue weighted by molar-refractivity contribution is 5.94. The molecule has 1 aromatic carbocycles. The van der Waals surface area contributed by atoms with Crippen molar-refractivity contribution < 1.29 is 9.90 Å². The number of amides is 1. The van der Waals surface area contributed by atoms with Gasteiger partial charge in [0.15, 0.2) is 0 Å². The van der Waals surface area contributed by atoms with Gasteiger partial charge in [0.05, 0.1) is 18.5 Å². The van der Waals surface area contributed by atoms with Gasteiger partial charge in [-0.05, 0) is 37.5 Å². The van der Waals surface area contributed by atoms with E-state index in [1.807, 2.05) is 29.0 Å². The average molecular weight is 423 g/mol. The maximum Gasteiger partial charge on any atom is 0.328 e. The molecular formula is C22H25N5O4. The Hall–Kier alpha value is -3.46. The van der Waals surface area contributed by atoms with Crippen molar-refractivity contribution in [2.45, 2.75) is 38.5 Å². The van der Waals surface area contributed by atoms with Crippen LogP contribution in [-0.4, -0.2) is 54.2 Å². The molecule has 3 aromatic rings. The Balaban J connectivity index is 1.51. The van der Waals surface area contributed by atoms with Crippen molar-refractivity contribution >= 4 is 5.91 Å². The molecular weight excluding hydrogens is 398 g/mol. The van der Waals surface area contributed by atoms with Gasteiger partial charge in [0.2, 0.25) is 0 Å². The van der Waals surface area contributed by atoms with Gasteiger partial charge in [-0.25, -0.2) is 9.78 Å². The number of aliphatic hydroxyl groups excluding tert-OH is 1. The predicted molar refractivity (Wildman–Crippen MR) is 114 cm³/mol. The quantitative estimate of drug-likeness (QED) is 0.648. The largest absolute Gasteiger partial charge is 0.391 e. The third kappa shape index (κ3) is 4.51. The maximum atomic E-state index is 13.1. The number of imidazole rings is 1. The van der Waals surface area contributed by atoms with E-state index in [1.165, 1.54) is 10.8 Å². The molecule has 0 bridgehead atoms. The minimum atomic E-state index is -0.798.